The van der Waals surface area contributed by atoms with Crippen LogP contribution in [0, 0.1) is 0 Å². The van der Waals surface area contributed by atoms with E-state index in [0.717, 1.165) is 0 Å². The second kappa shape index (κ2) is 5.46. The Labute approximate surface area is 78.9 Å². The van der Waals surface area contributed by atoms with Crippen molar-refractivity contribution in [2.45, 2.75) is 0 Å². The Morgan fingerprint density at radius 3 is 2.07 bits per heavy atom. The van der Waals surface area contributed by atoms with Crippen LogP contribution in [0.4, 0.5) is 0 Å². The summed E-state index contributed by atoms with van der Waals surface area (Å²) in [6.07, 6.45) is 2.84. The molecular formula is C6H8NO6P. The fraction of sp³-hybridized carbons (Fsp3) is 0. The molecule has 0 spiro atoms. The van der Waals surface area contributed by atoms with E-state index in [1.54, 1.807) is 6.07 Å². The number of phosphoric acid groups is 1. The highest BCUT2D eigenvalue weighted by Crippen LogP contribution is 2.25. The molecule has 0 amide bonds. The van der Waals surface area contributed by atoms with Gasteiger partial charge in [0.2, 0.25) is 0 Å². The topological polar surface area (TPSA) is 128 Å². The average molecular weight is 221 g/mol. The van der Waals surface area contributed by atoms with Gasteiger partial charge >= 0.3 is 13.8 Å². The van der Waals surface area contributed by atoms with Gasteiger partial charge in [0.1, 0.15) is 0 Å². The van der Waals surface area contributed by atoms with Gasteiger partial charge in [-0.25, -0.2) is 9.36 Å². The molecule has 0 saturated carbocycles. The molecule has 4 N–H and O–H groups in total. The second-order valence-electron chi connectivity index (χ2n) is 2.06. The molecule has 8 heteroatoms. The number of hydrogen-bond acceptors (Lipinski definition) is 3. The van der Waals surface area contributed by atoms with E-state index in [1.807, 2.05) is 0 Å². The van der Waals surface area contributed by atoms with Gasteiger partial charge in [-0.1, -0.05) is 0 Å². The predicted octanol–water partition coefficient (Wildman–Crippen LogP) is -0.149. The van der Waals surface area contributed by atoms with E-state index in [-0.39, 0.29) is 5.56 Å². The van der Waals surface area contributed by atoms with Gasteiger partial charge in [0, 0.05) is 12.4 Å². The summed E-state index contributed by atoms with van der Waals surface area (Å²) in [5, 5.41) is 8.34. The third-order valence-corrected chi connectivity index (χ3v) is 0.908. The van der Waals surface area contributed by atoms with Crippen LogP contribution in [0.25, 0.3) is 0 Å². The quantitative estimate of drug-likeness (QED) is 0.485. The first-order valence-corrected chi connectivity index (χ1v) is 4.79. The molecule has 0 saturated heterocycles. The summed E-state index contributed by atoms with van der Waals surface area (Å²) in [5.74, 6) is -0.942. The summed E-state index contributed by atoms with van der Waals surface area (Å²) >= 11 is 0. The summed E-state index contributed by atoms with van der Waals surface area (Å²) in [7, 11) is -4.64. The van der Waals surface area contributed by atoms with Crippen molar-refractivity contribution in [1.29, 1.82) is 0 Å². The Morgan fingerprint density at radius 2 is 1.86 bits per heavy atom. The lowest BCUT2D eigenvalue weighted by Gasteiger charge is -1.87. The van der Waals surface area contributed by atoms with Gasteiger partial charge in [-0.2, -0.15) is 0 Å². The van der Waals surface area contributed by atoms with Gasteiger partial charge < -0.3 is 19.8 Å². The highest BCUT2D eigenvalue weighted by molar-refractivity contribution is 7.45. The van der Waals surface area contributed by atoms with E-state index in [4.69, 9.17) is 24.4 Å². The molecule has 78 valence electrons. The minimum atomic E-state index is -4.64. The molecule has 1 aromatic heterocycles. The Hall–Kier alpha value is -1.27. The highest BCUT2D eigenvalue weighted by atomic mass is 31.2. The van der Waals surface area contributed by atoms with Crippen LogP contribution < -0.4 is 0 Å². The fourth-order valence-electron chi connectivity index (χ4n) is 0.489. The second-order valence-corrected chi connectivity index (χ2v) is 3.09. The van der Waals surface area contributed by atoms with Crippen molar-refractivity contribution in [3.63, 3.8) is 0 Å². The van der Waals surface area contributed by atoms with Crippen molar-refractivity contribution >= 4 is 13.8 Å². The van der Waals surface area contributed by atoms with E-state index in [2.05, 4.69) is 4.98 Å². The zero-order chi connectivity index (χ0) is 11.2. The van der Waals surface area contributed by atoms with Crippen molar-refractivity contribution in [1.82, 2.24) is 4.98 Å². The summed E-state index contributed by atoms with van der Waals surface area (Å²) in [6.45, 7) is 0. The molecule has 0 aromatic carbocycles. The number of pyridine rings is 1. The zero-order valence-corrected chi connectivity index (χ0v) is 7.70. The number of aromatic carboxylic acids is 1. The lowest BCUT2D eigenvalue weighted by molar-refractivity contribution is 0.0696. The van der Waals surface area contributed by atoms with E-state index >= 15 is 0 Å². The molecule has 0 unspecified atom stereocenters. The summed E-state index contributed by atoms with van der Waals surface area (Å²) < 4.78 is 8.88. The zero-order valence-electron chi connectivity index (χ0n) is 6.81. The number of rotatable bonds is 1. The minimum Gasteiger partial charge on any atom is -0.478 e. The standard InChI is InChI=1S/C6H5NO2.H3O4P/c8-6(9)5-2-1-3-7-4-5;1-5(2,3)4/h1-4H,(H,8,9);(H3,1,2,3,4). The Morgan fingerprint density at radius 1 is 1.36 bits per heavy atom. The molecule has 7 nitrogen and oxygen atoms in total. The van der Waals surface area contributed by atoms with Crippen LogP contribution in [-0.4, -0.2) is 30.7 Å². The number of carboxylic acid groups (broad SMARTS) is 1. The predicted molar refractivity (Wildman–Crippen MR) is 45.5 cm³/mol. The first kappa shape index (κ1) is 12.7. The first-order valence-electron chi connectivity index (χ1n) is 3.22. The number of nitrogens with zero attached hydrogens (tertiary/aromatic N) is 1. The molecule has 0 aliphatic heterocycles. The highest BCUT2D eigenvalue weighted by Gasteiger charge is 2.00. The molecule has 1 rings (SSSR count). The van der Waals surface area contributed by atoms with Crippen LogP contribution in [-0.2, 0) is 4.57 Å². The van der Waals surface area contributed by atoms with Crippen LogP contribution >= 0.6 is 7.82 Å². The summed E-state index contributed by atoms with van der Waals surface area (Å²) in [4.78, 5) is 35.3. The minimum absolute atomic E-state index is 0.220. The molecular weight excluding hydrogens is 213 g/mol. The SMILES string of the molecule is O=C(O)c1cccnc1.O=P(O)(O)O. The van der Waals surface area contributed by atoms with Gasteiger partial charge in [-0.3, -0.25) is 4.98 Å². The monoisotopic (exact) mass is 221 g/mol. The third-order valence-electron chi connectivity index (χ3n) is 0.908. The van der Waals surface area contributed by atoms with Crippen LogP contribution in [0.2, 0.25) is 0 Å². The van der Waals surface area contributed by atoms with E-state index in [1.165, 1.54) is 18.5 Å². The van der Waals surface area contributed by atoms with Crippen LogP contribution in [0.3, 0.4) is 0 Å². The van der Waals surface area contributed by atoms with Crippen LogP contribution in [0.1, 0.15) is 10.4 Å². The van der Waals surface area contributed by atoms with Gasteiger partial charge in [-0.15, -0.1) is 0 Å². The molecule has 14 heavy (non-hydrogen) atoms. The average Bonchev–Trinajstić information content (AvgIpc) is 2.03. The van der Waals surface area contributed by atoms with E-state index in [9.17, 15) is 4.79 Å². The number of hydrogen-bond donors (Lipinski definition) is 4. The largest absolute Gasteiger partial charge is 0.478 e. The maximum Gasteiger partial charge on any atom is 0.466 e. The van der Waals surface area contributed by atoms with Gasteiger partial charge in [0.05, 0.1) is 5.56 Å². The molecule has 0 aliphatic carbocycles. The van der Waals surface area contributed by atoms with Crippen molar-refractivity contribution in [2.75, 3.05) is 0 Å². The van der Waals surface area contributed by atoms with Crippen molar-refractivity contribution in [3.8, 4) is 0 Å². The maximum atomic E-state index is 10.2. The molecule has 0 fully saturated rings. The molecule has 1 aromatic rings. The maximum absolute atomic E-state index is 10.2. The van der Waals surface area contributed by atoms with Crippen molar-refractivity contribution < 1.29 is 29.1 Å². The smallest absolute Gasteiger partial charge is 0.466 e. The Bertz CT molecular complexity index is 325. The van der Waals surface area contributed by atoms with Crippen molar-refractivity contribution in [3.05, 3.63) is 30.1 Å². The Balaban J connectivity index is 0.000000292. The van der Waals surface area contributed by atoms with Crippen LogP contribution in [0.5, 0.6) is 0 Å². The molecule has 0 bridgehead atoms. The lowest BCUT2D eigenvalue weighted by atomic mass is 10.3. The molecule has 0 atom stereocenters. The summed E-state index contributed by atoms with van der Waals surface area (Å²) in [6, 6.07) is 3.08. The lowest BCUT2D eigenvalue weighted by Crippen LogP contribution is -1.94. The van der Waals surface area contributed by atoms with Gasteiger partial charge in [0.25, 0.3) is 0 Å². The van der Waals surface area contributed by atoms with Gasteiger partial charge in [-0.05, 0) is 12.1 Å². The Kier molecular flexibility index (Phi) is 4.96. The third kappa shape index (κ3) is 8.82. The van der Waals surface area contributed by atoms with E-state index < -0.39 is 13.8 Å². The van der Waals surface area contributed by atoms with Crippen molar-refractivity contribution in [2.24, 2.45) is 0 Å². The molecule has 0 aliphatic rings. The molecule has 0 radical (unpaired) electrons. The number of aromatic nitrogens is 1. The van der Waals surface area contributed by atoms with Gasteiger partial charge in [0.15, 0.2) is 0 Å². The first-order chi connectivity index (χ1) is 6.30. The normalized spacial score (nSPS) is 9.93. The summed E-state index contributed by atoms with van der Waals surface area (Å²) in [5.41, 5.74) is 0.220. The van der Waals surface area contributed by atoms with E-state index in [0.29, 0.717) is 0 Å². The number of carboxylic acids is 1. The molecule has 1 heterocycles. The van der Waals surface area contributed by atoms with Crippen LogP contribution in [0.15, 0.2) is 24.5 Å². The fourth-order valence-corrected chi connectivity index (χ4v) is 0.489. The number of carbonyl (C=O) groups is 1.